The molecule has 0 aliphatic carbocycles. The second-order valence-corrected chi connectivity index (χ2v) is 5.22. The van der Waals surface area contributed by atoms with Crippen LogP contribution in [0.25, 0.3) is 0 Å². The number of aliphatic carboxylic acids is 1. The van der Waals surface area contributed by atoms with Crippen molar-refractivity contribution in [3.05, 3.63) is 22.4 Å². The molecule has 0 spiro atoms. The Kier molecular flexibility index (Phi) is 2.80. The zero-order valence-corrected chi connectivity index (χ0v) is 9.59. The average Bonchev–Trinajstić information content (AvgIpc) is 2.78. The van der Waals surface area contributed by atoms with Crippen LogP contribution in [0, 0.1) is 0 Å². The summed E-state index contributed by atoms with van der Waals surface area (Å²) in [5.41, 5.74) is -0.663. The van der Waals surface area contributed by atoms with Crippen molar-refractivity contribution >= 4 is 17.3 Å². The van der Waals surface area contributed by atoms with Gasteiger partial charge in [0.1, 0.15) is 5.54 Å². The number of nitrogens with zero attached hydrogens (tertiary/aromatic N) is 1. The zero-order chi connectivity index (χ0) is 10.9. The smallest absolute Gasteiger partial charge is 0.323 e. The highest BCUT2D eigenvalue weighted by atomic mass is 32.1. The Morgan fingerprint density at radius 3 is 3.13 bits per heavy atom. The molecule has 1 atom stereocenters. The predicted octanol–water partition coefficient (Wildman–Crippen LogP) is 2.19. The van der Waals surface area contributed by atoms with Crippen LogP contribution in [0.4, 0.5) is 0 Å². The third-order valence-electron chi connectivity index (χ3n) is 3.18. The summed E-state index contributed by atoms with van der Waals surface area (Å²) >= 11 is 1.69. The van der Waals surface area contributed by atoms with Crippen molar-refractivity contribution in [1.29, 1.82) is 0 Å². The van der Waals surface area contributed by atoms with Gasteiger partial charge in [-0.25, -0.2) is 0 Å². The highest BCUT2D eigenvalue weighted by Gasteiger charge is 2.43. The van der Waals surface area contributed by atoms with E-state index in [1.165, 1.54) is 4.88 Å². The average molecular weight is 225 g/mol. The molecular weight excluding hydrogens is 210 g/mol. The molecule has 1 aliphatic rings. The van der Waals surface area contributed by atoms with Gasteiger partial charge in [0, 0.05) is 11.4 Å². The van der Waals surface area contributed by atoms with E-state index >= 15 is 0 Å². The minimum Gasteiger partial charge on any atom is -0.480 e. The van der Waals surface area contributed by atoms with Crippen molar-refractivity contribution in [1.82, 2.24) is 4.90 Å². The first-order valence-electron chi connectivity index (χ1n) is 5.14. The maximum absolute atomic E-state index is 11.2. The molecule has 1 fully saturated rings. The van der Waals surface area contributed by atoms with E-state index in [0.717, 1.165) is 25.9 Å². The maximum Gasteiger partial charge on any atom is 0.323 e. The van der Waals surface area contributed by atoms with Crippen LogP contribution in [0.2, 0.25) is 0 Å². The van der Waals surface area contributed by atoms with E-state index in [9.17, 15) is 9.90 Å². The highest BCUT2D eigenvalue weighted by Crippen LogP contribution is 2.31. The Labute approximate surface area is 93.3 Å². The summed E-state index contributed by atoms with van der Waals surface area (Å²) in [5.74, 6) is -0.698. The summed E-state index contributed by atoms with van der Waals surface area (Å²) in [7, 11) is 0. The minimum atomic E-state index is -0.698. The molecule has 15 heavy (non-hydrogen) atoms. The number of thiophene rings is 1. The Bertz CT molecular complexity index is 349. The van der Waals surface area contributed by atoms with Crippen molar-refractivity contribution in [2.75, 3.05) is 6.54 Å². The van der Waals surface area contributed by atoms with E-state index in [1.807, 2.05) is 18.4 Å². The van der Waals surface area contributed by atoms with Gasteiger partial charge in [0.2, 0.25) is 0 Å². The molecule has 0 bridgehead atoms. The fourth-order valence-corrected chi connectivity index (χ4v) is 2.82. The van der Waals surface area contributed by atoms with Gasteiger partial charge in [-0.1, -0.05) is 6.07 Å². The number of rotatable bonds is 3. The molecule has 1 saturated heterocycles. The van der Waals surface area contributed by atoms with Crippen LogP contribution in [-0.2, 0) is 11.3 Å². The molecule has 82 valence electrons. The number of carboxylic acids is 1. The van der Waals surface area contributed by atoms with Crippen molar-refractivity contribution in [3.8, 4) is 0 Å². The predicted molar refractivity (Wildman–Crippen MR) is 60.0 cm³/mol. The molecular formula is C11H15NO2S. The Balaban J connectivity index is 2.12. The fraction of sp³-hybridized carbons (Fsp3) is 0.545. The number of hydrogen-bond acceptors (Lipinski definition) is 3. The van der Waals surface area contributed by atoms with Crippen LogP contribution >= 0.6 is 11.3 Å². The summed E-state index contributed by atoms with van der Waals surface area (Å²) in [4.78, 5) is 14.5. The van der Waals surface area contributed by atoms with E-state index in [1.54, 1.807) is 11.3 Å². The number of carbonyl (C=O) groups is 1. The Morgan fingerprint density at radius 2 is 2.53 bits per heavy atom. The lowest BCUT2D eigenvalue weighted by Gasteiger charge is -2.30. The maximum atomic E-state index is 11.2. The first kappa shape index (κ1) is 10.6. The van der Waals surface area contributed by atoms with Gasteiger partial charge in [-0.05, 0) is 37.8 Å². The van der Waals surface area contributed by atoms with Gasteiger partial charge in [-0.2, -0.15) is 0 Å². The van der Waals surface area contributed by atoms with E-state index < -0.39 is 11.5 Å². The molecule has 0 aromatic carbocycles. The topological polar surface area (TPSA) is 40.5 Å². The normalized spacial score (nSPS) is 27.0. The van der Waals surface area contributed by atoms with E-state index in [4.69, 9.17) is 0 Å². The summed E-state index contributed by atoms with van der Waals surface area (Å²) < 4.78 is 0. The summed E-state index contributed by atoms with van der Waals surface area (Å²) in [6.07, 6.45) is 1.74. The van der Waals surface area contributed by atoms with Gasteiger partial charge in [-0.15, -0.1) is 11.3 Å². The molecule has 1 aliphatic heterocycles. The van der Waals surface area contributed by atoms with E-state index in [2.05, 4.69) is 11.0 Å². The van der Waals surface area contributed by atoms with Crippen molar-refractivity contribution < 1.29 is 9.90 Å². The number of likely N-dealkylation sites (tertiary alicyclic amines) is 1. The number of hydrogen-bond donors (Lipinski definition) is 1. The molecule has 1 aromatic heterocycles. The Hall–Kier alpha value is -0.870. The summed E-state index contributed by atoms with van der Waals surface area (Å²) in [6.45, 7) is 3.48. The quantitative estimate of drug-likeness (QED) is 0.857. The molecule has 1 N–H and O–H groups in total. The minimum absolute atomic E-state index is 0.663. The highest BCUT2D eigenvalue weighted by molar-refractivity contribution is 7.09. The fourth-order valence-electron chi connectivity index (χ4n) is 2.11. The van der Waals surface area contributed by atoms with Crippen molar-refractivity contribution in [2.45, 2.75) is 31.8 Å². The van der Waals surface area contributed by atoms with Crippen molar-refractivity contribution in [2.24, 2.45) is 0 Å². The van der Waals surface area contributed by atoms with Gasteiger partial charge in [0.25, 0.3) is 0 Å². The molecule has 2 rings (SSSR count). The van der Waals surface area contributed by atoms with Crippen LogP contribution in [0.1, 0.15) is 24.6 Å². The molecule has 0 amide bonds. The lowest BCUT2D eigenvalue weighted by atomic mass is 9.99. The van der Waals surface area contributed by atoms with Gasteiger partial charge < -0.3 is 5.11 Å². The van der Waals surface area contributed by atoms with Gasteiger partial charge in [0.15, 0.2) is 0 Å². The molecule has 0 saturated carbocycles. The Morgan fingerprint density at radius 1 is 1.73 bits per heavy atom. The third kappa shape index (κ3) is 1.92. The molecule has 4 heteroatoms. The van der Waals surface area contributed by atoms with Crippen LogP contribution in [0.3, 0.4) is 0 Å². The van der Waals surface area contributed by atoms with Gasteiger partial charge in [0.05, 0.1) is 0 Å². The zero-order valence-electron chi connectivity index (χ0n) is 8.77. The van der Waals surface area contributed by atoms with Crippen LogP contribution in [-0.4, -0.2) is 28.1 Å². The van der Waals surface area contributed by atoms with Crippen LogP contribution < -0.4 is 0 Å². The van der Waals surface area contributed by atoms with Gasteiger partial charge >= 0.3 is 5.97 Å². The van der Waals surface area contributed by atoms with E-state index in [-0.39, 0.29) is 0 Å². The van der Waals surface area contributed by atoms with Gasteiger partial charge in [-0.3, -0.25) is 9.69 Å². The van der Waals surface area contributed by atoms with Crippen LogP contribution in [0.15, 0.2) is 17.5 Å². The molecule has 1 unspecified atom stereocenters. The van der Waals surface area contributed by atoms with Crippen molar-refractivity contribution in [3.63, 3.8) is 0 Å². The monoisotopic (exact) mass is 225 g/mol. The molecule has 1 aromatic rings. The molecule has 0 radical (unpaired) electrons. The van der Waals surface area contributed by atoms with Crippen LogP contribution in [0.5, 0.6) is 0 Å². The second-order valence-electron chi connectivity index (χ2n) is 4.18. The lowest BCUT2D eigenvalue weighted by Crippen LogP contribution is -2.47. The second kappa shape index (κ2) is 3.94. The summed E-state index contributed by atoms with van der Waals surface area (Å²) in [5, 5.41) is 11.3. The summed E-state index contributed by atoms with van der Waals surface area (Å²) in [6, 6.07) is 4.07. The number of carboxylic acid groups (broad SMARTS) is 1. The first-order chi connectivity index (χ1) is 7.13. The standard InChI is InChI=1S/C11H15NO2S/c1-11(10(13)14)5-3-6-12(11)8-9-4-2-7-15-9/h2,4,7H,3,5-6,8H2,1H3,(H,13,14). The molecule has 3 nitrogen and oxygen atoms in total. The largest absolute Gasteiger partial charge is 0.480 e. The third-order valence-corrected chi connectivity index (χ3v) is 4.04. The SMILES string of the molecule is CC1(C(=O)O)CCCN1Cc1cccs1. The first-order valence-corrected chi connectivity index (χ1v) is 6.02. The lowest BCUT2D eigenvalue weighted by molar-refractivity contribution is -0.148. The molecule has 2 heterocycles. The van der Waals surface area contributed by atoms with E-state index in [0.29, 0.717) is 0 Å².